The lowest BCUT2D eigenvalue weighted by atomic mass is 9.88. The second kappa shape index (κ2) is 12.0. The monoisotopic (exact) mass is 554 g/mol. The van der Waals surface area contributed by atoms with Crippen molar-refractivity contribution in [2.45, 2.75) is 53.1 Å². The van der Waals surface area contributed by atoms with Crippen LogP contribution < -0.4 is 15.4 Å². The molecule has 1 heterocycles. The van der Waals surface area contributed by atoms with Gasteiger partial charge < -0.3 is 20.1 Å². The Hall–Kier alpha value is -3.36. The molecule has 2 aromatic carbocycles. The van der Waals surface area contributed by atoms with E-state index in [4.69, 9.17) is 21.1 Å². The minimum Gasteiger partial charge on any atom is -0.481 e. The van der Waals surface area contributed by atoms with E-state index in [-0.39, 0.29) is 18.4 Å². The summed E-state index contributed by atoms with van der Waals surface area (Å²) in [5.41, 5.74) is 3.37. The maximum Gasteiger partial charge on any atom is 0.341 e. The lowest BCUT2D eigenvalue weighted by molar-refractivity contribution is -0.122. The Morgan fingerprint density at radius 2 is 1.87 bits per heavy atom. The van der Waals surface area contributed by atoms with Gasteiger partial charge in [-0.2, -0.15) is 0 Å². The van der Waals surface area contributed by atoms with Gasteiger partial charge in [0, 0.05) is 21.2 Å². The van der Waals surface area contributed by atoms with Gasteiger partial charge in [-0.3, -0.25) is 9.59 Å². The molecule has 9 heteroatoms. The SMILES string of the molecule is CCOC(=O)c1c(NC(=O)c2ccc(O[C@@H](C)C(=O)Nc3ccc(C)c(Cl)c3)cc2)sc2c1CC[C@H](C)C2. The summed E-state index contributed by atoms with van der Waals surface area (Å²) >= 11 is 7.58. The highest BCUT2D eigenvalue weighted by atomic mass is 35.5. The zero-order valence-electron chi connectivity index (χ0n) is 21.9. The molecule has 1 aliphatic rings. The van der Waals surface area contributed by atoms with Crippen LogP contribution in [-0.4, -0.2) is 30.5 Å². The third kappa shape index (κ3) is 6.37. The van der Waals surface area contributed by atoms with Crippen LogP contribution in [0.25, 0.3) is 0 Å². The van der Waals surface area contributed by atoms with Crippen LogP contribution in [-0.2, 0) is 22.4 Å². The zero-order chi connectivity index (χ0) is 27.4. The van der Waals surface area contributed by atoms with E-state index in [0.29, 0.717) is 38.5 Å². The molecule has 2 amide bonds. The first-order valence-corrected chi connectivity index (χ1v) is 13.8. The van der Waals surface area contributed by atoms with Crippen LogP contribution in [0.15, 0.2) is 42.5 Å². The van der Waals surface area contributed by atoms with E-state index in [1.807, 2.05) is 13.0 Å². The molecule has 1 aromatic heterocycles. The molecule has 0 radical (unpaired) electrons. The molecule has 2 atom stereocenters. The predicted molar refractivity (Wildman–Crippen MR) is 151 cm³/mol. The Kier molecular flexibility index (Phi) is 8.74. The van der Waals surface area contributed by atoms with E-state index >= 15 is 0 Å². The fourth-order valence-electron chi connectivity index (χ4n) is 4.29. The summed E-state index contributed by atoms with van der Waals surface area (Å²) in [6, 6.07) is 11.8. The van der Waals surface area contributed by atoms with E-state index in [9.17, 15) is 14.4 Å². The number of rotatable bonds is 8. The smallest absolute Gasteiger partial charge is 0.341 e. The van der Waals surface area contributed by atoms with Crippen molar-refractivity contribution < 1.29 is 23.9 Å². The topological polar surface area (TPSA) is 93.7 Å². The average Bonchev–Trinajstić information content (AvgIpc) is 3.23. The first kappa shape index (κ1) is 27.7. The van der Waals surface area contributed by atoms with Gasteiger partial charge in [-0.25, -0.2) is 4.79 Å². The lowest BCUT2D eigenvalue weighted by Crippen LogP contribution is -2.30. The van der Waals surface area contributed by atoms with Crippen LogP contribution >= 0.6 is 22.9 Å². The number of benzene rings is 2. The number of nitrogens with one attached hydrogen (secondary N) is 2. The van der Waals surface area contributed by atoms with Gasteiger partial charge in [-0.1, -0.05) is 24.6 Å². The molecule has 0 saturated heterocycles. The van der Waals surface area contributed by atoms with Crippen molar-refractivity contribution in [1.29, 1.82) is 0 Å². The molecule has 4 rings (SSSR count). The van der Waals surface area contributed by atoms with E-state index in [1.165, 1.54) is 11.3 Å². The molecule has 0 unspecified atom stereocenters. The number of carbonyl (C=O) groups is 3. The van der Waals surface area contributed by atoms with Crippen LogP contribution in [0.1, 0.15) is 63.9 Å². The summed E-state index contributed by atoms with van der Waals surface area (Å²) in [7, 11) is 0. The third-order valence-corrected chi connectivity index (χ3v) is 8.03. The molecule has 2 N–H and O–H groups in total. The van der Waals surface area contributed by atoms with E-state index < -0.39 is 12.1 Å². The highest BCUT2D eigenvalue weighted by molar-refractivity contribution is 7.17. The fraction of sp³-hybridized carbons (Fsp3) is 0.345. The normalized spacial score (nSPS) is 15.2. The zero-order valence-corrected chi connectivity index (χ0v) is 23.4. The van der Waals surface area contributed by atoms with Gasteiger partial charge in [0.2, 0.25) is 0 Å². The maximum atomic E-state index is 13.0. The highest BCUT2D eigenvalue weighted by Crippen LogP contribution is 2.40. The molecule has 200 valence electrons. The quantitative estimate of drug-likeness (QED) is 0.303. The Balaban J connectivity index is 1.42. The van der Waals surface area contributed by atoms with Crippen LogP contribution in [0.2, 0.25) is 5.02 Å². The van der Waals surface area contributed by atoms with E-state index in [0.717, 1.165) is 35.3 Å². The van der Waals surface area contributed by atoms with Crippen molar-refractivity contribution in [1.82, 2.24) is 0 Å². The first-order chi connectivity index (χ1) is 18.2. The number of carbonyl (C=O) groups excluding carboxylic acids is 3. The van der Waals surface area contributed by atoms with Gasteiger partial charge in [0.25, 0.3) is 11.8 Å². The fourth-order valence-corrected chi connectivity index (χ4v) is 5.86. The number of thiophene rings is 1. The number of hydrogen-bond donors (Lipinski definition) is 2. The van der Waals surface area contributed by atoms with Crippen LogP contribution in [0, 0.1) is 12.8 Å². The first-order valence-electron chi connectivity index (χ1n) is 12.6. The van der Waals surface area contributed by atoms with Crippen LogP contribution in [0.5, 0.6) is 5.75 Å². The van der Waals surface area contributed by atoms with Crippen molar-refractivity contribution in [2.75, 3.05) is 17.2 Å². The molecule has 0 aliphatic heterocycles. The van der Waals surface area contributed by atoms with E-state index in [1.54, 1.807) is 50.2 Å². The number of hydrogen-bond acceptors (Lipinski definition) is 6. The van der Waals surface area contributed by atoms with Gasteiger partial charge in [0.1, 0.15) is 10.8 Å². The van der Waals surface area contributed by atoms with Crippen LogP contribution in [0.4, 0.5) is 10.7 Å². The third-order valence-electron chi connectivity index (χ3n) is 6.46. The summed E-state index contributed by atoms with van der Waals surface area (Å²) in [4.78, 5) is 39.5. The molecule has 0 bridgehead atoms. The number of esters is 1. The van der Waals surface area contributed by atoms with Crippen molar-refractivity contribution in [3.05, 3.63) is 74.6 Å². The Labute approximate surface area is 231 Å². The summed E-state index contributed by atoms with van der Waals surface area (Å²) in [6.07, 6.45) is 1.91. The highest BCUT2D eigenvalue weighted by Gasteiger charge is 2.29. The van der Waals surface area contributed by atoms with Crippen molar-refractivity contribution in [3.63, 3.8) is 0 Å². The second-order valence-electron chi connectivity index (χ2n) is 9.47. The van der Waals surface area contributed by atoms with Gasteiger partial charge in [-0.15, -0.1) is 11.3 Å². The maximum absolute atomic E-state index is 13.0. The molecular weight excluding hydrogens is 524 g/mol. The number of ether oxygens (including phenoxy) is 2. The molecule has 38 heavy (non-hydrogen) atoms. The number of anilines is 2. The minimum absolute atomic E-state index is 0.268. The molecule has 0 spiro atoms. The van der Waals surface area contributed by atoms with Gasteiger partial charge >= 0.3 is 5.97 Å². The molecule has 3 aromatic rings. The van der Waals surface area contributed by atoms with Gasteiger partial charge in [0.15, 0.2) is 6.10 Å². The molecule has 7 nitrogen and oxygen atoms in total. The molecule has 1 aliphatic carbocycles. The minimum atomic E-state index is -0.776. The Morgan fingerprint density at radius 1 is 1.13 bits per heavy atom. The number of aryl methyl sites for hydroxylation is 1. The summed E-state index contributed by atoms with van der Waals surface area (Å²) in [5.74, 6) is -0.0887. The average molecular weight is 555 g/mol. The van der Waals surface area contributed by atoms with Crippen molar-refractivity contribution in [2.24, 2.45) is 5.92 Å². The Bertz CT molecular complexity index is 1350. The number of amides is 2. The molecule has 0 fully saturated rings. The standard InChI is InChI=1S/C29H31ClN2O5S/c1-5-36-29(35)25-22-13-6-16(2)14-24(22)38-28(25)32-27(34)19-8-11-21(12-9-19)37-18(4)26(33)31-20-10-7-17(3)23(30)15-20/h7-12,15-16,18H,5-6,13-14H2,1-4H3,(H,31,33)(H,32,34)/t16-,18-/m0/s1. The lowest BCUT2D eigenvalue weighted by Gasteiger charge is -2.18. The summed E-state index contributed by atoms with van der Waals surface area (Å²) < 4.78 is 11.1. The Morgan fingerprint density at radius 3 is 2.55 bits per heavy atom. The molecular formula is C29H31ClN2O5S. The van der Waals surface area contributed by atoms with E-state index in [2.05, 4.69) is 17.6 Å². The van der Waals surface area contributed by atoms with Crippen molar-refractivity contribution >= 4 is 51.4 Å². The number of halogens is 1. The summed E-state index contributed by atoms with van der Waals surface area (Å²) in [6.45, 7) is 7.75. The summed E-state index contributed by atoms with van der Waals surface area (Å²) in [5, 5.41) is 6.79. The number of fused-ring (bicyclic) bond motifs is 1. The molecule has 0 saturated carbocycles. The van der Waals surface area contributed by atoms with Crippen molar-refractivity contribution in [3.8, 4) is 5.75 Å². The van der Waals surface area contributed by atoms with Gasteiger partial charge in [-0.05, 0) is 93.5 Å². The predicted octanol–water partition coefficient (Wildman–Crippen LogP) is 6.67. The van der Waals surface area contributed by atoms with Crippen LogP contribution in [0.3, 0.4) is 0 Å². The second-order valence-corrected chi connectivity index (χ2v) is 11.0. The van der Waals surface area contributed by atoms with Gasteiger partial charge in [0.05, 0.1) is 12.2 Å². The largest absolute Gasteiger partial charge is 0.481 e.